The van der Waals surface area contributed by atoms with Gasteiger partial charge in [0, 0.05) is 19.0 Å². The van der Waals surface area contributed by atoms with Crippen molar-refractivity contribution in [1.82, 2.24) is 16.1 Å². The fourth-order valence-electron chi connectivity index (χ4n) is 3.30. The third kappa shape index (κ3) is 5.92. The van der Waals surface area contributed by atoms with E-state index in [4.69, 9.17) is 5.84 Å². The van der Waals surface area contributed by atoms with Crippen LogP contribution < -0.4 is 21.9 Å². The van der Waals surface area contributed by atoms with Gasteiger partial charge in [0.1, 0.15) is 6.04 Å². The Hall–Kier alpha value is -1.38. The van der Waals surface area contributed by atoms with Gasteiger partial charge in [-0.1, -0.05) is 26.7 Å². The molecule has 0 saturated carbocycles. The van der Waals surface area contributed by atoms with Crippen molar-refractivity contribution < 1.29 is 19.5 Å². The average Bonchev–Trinajstić information content (AvgIpc) is 2.95. The van der Waals surface area contributed by atoms with E-state index in [1.54, 1.807) is 0 Å². The highest BCUT2D eigenvalue weighted by atomic mass is 35.5. The number of hydrazine groups is 1. The molecule has 1 fully saturated rings. The molecule has 24 heavy (non-hydrogen) atoms. The van der Waals surface area contributed by atoms with E-state index in [0.717, 1.165) is 12.8 Å². The van der Waals surface area contributed by atoms with Crippen molar-refractivity contribution >= 4 is 30.2 Å². The number of carboxylic acids is 1. The Morgan fingerprint density at radius 2 is 1.88 bits per heavy atom. The average molecular weight is 365 g/mol. The third-order valence-electron chi connectivity index (χ3n) is 4.66. The van der Waals surface area contributed by atoms with Crippen LogP contribution >= 0.6 is 12.4 Å². The van der Waals surface area contributed by atoms with Crippen molar-refractivity contribution in [3.63, 3.8) is 0 Å². The summed E-state index contributed by atoms with van der Waals surface area (Å²) in [6, 6.07) is -1.59. The number of hydrogen-bond acceptors (Lipinski definition) is 5. The molecule has 9 heteroatoms. The van der Waals surface area contributed by atoms with Crippen LogP contribution in [0, 0.1) is 11.8 Å². The molecule has 6 N–H and O–H groups in total. The first-order valence-corrected chi connectivity index (χ1v) is 8.10. The Kier molecular flexibility index (Phi) is 9.88. The smallest absolute Gasteiger partial charge is 0.320 e. The normalized spacial score (nSPS) is 24.1. The number of carbonyl (C=O) groups excluding carboxylic acids is 2. The summed E-state index contributed by atoms with van der Waals surface area (Å²) in [7, 11) is 0. The lowest BCUT2D eigenvalue weighted by Gasteiger charge is -2.31. The van der Waals surface area contributed by atoms with E-state index in [0.29, 0.717) is 12.3 Å². The third-order valence-corrected chi connectivity index (χ3v) is 4.66. The number of hydrogen-bond donors (Lipinski definition) is 5. The highest BCUT2D eigenvalue weighted by Crippen LogP contribution is 2.27. The Labute approximate surface area is 148 Å². The zero-order chi connectivity index (χ0) is 17.6. The molecule has 1 heterocycles. The first-order valence-electron chi connectivity index (χ1n) is 8.10. The zero-order valence-corrected chi connectivity index (χ0v) is 15.2. The van der Waals surface area contributed by atoms with E-state index < -0.39 is 29.9 Å². The van der Waals surface area contributed by atoms with E-state index in [-0.39, 0.29) is 30.8 Å². The summed E-state index contributed by atoms with van der Waals surface area (Å²) < 4.78 is 0. The standard InChI is InChI=1S/C15H28N4O4.ClH/c1-4-9(5-2)6-11(17-8(3)20)13-10(14(21)19-16)7-12(18-13)15(22)23;/h9-13,18H,4-7,16H2,1-3H3,(H,17,20)(H,19,21)(H,22,23);1H/t10-,11+,12-,13-;/m1./s1. The lowest BCUT2D eigenvalue weighted by Crippen LogP contribution is -2.54. The number of amides is 2. The van der Waals surface area contributed by atoms with Crippen LogP contribution in [-0.4, -0.2) is 41.0 Å². The Balaban J connectivity index is 0.00000529. The molecule has 0 radical (unpaired) electrons. The van der Waals surface area contributed by atoms with Gasteiger partial charge in [0.25, 0.3) is 0 Å². The van der Waals surface area contributed by atoms with E-state index in [2.05, 4.69) is 29.9 Å². The molecular weight excluding hydrogens is 336 g/mol. The lowest BCUT2D eigenvalue weighted by atomic mass is 9.85. The van der Waals surface area contributed by atoms with Crippen molar-refractivity contribution in [1.29, 1.82) is 0 Å². The van der Waals surface area contributed by atoms with Crippen molar-refractivity contribution in [2.24, 2.45) is 17.7 Å². The van der Waals surface area contributed by atoms with Crippen molar-refractivity contribution in [3.05, 3.63) is 0 Å². The number of aliphatic carboxylic acids is 1. The van der Waals surface area contributed by atoms with Crippen molar-refractivity contribution in [2.75, 3.05) is 0 Å². The maximum Gasteiger partial charge on any atom is 0.320 e. The van der Waals surface area contributed by atoms with Gasteiger partial charge in [-0.2, -0.15) is 0 Å². The maximum atomic E-state index is 12.0. The van der Waals surface area contributed by atoms with Gasteiger partial charge in [0.15, 0.2) is 0 Å². The molecule has 140 valence electrons. The van der Waals surface area contributed by atoms with E-state index >= 15 is 0 Å². The first-order chi connectivity index (χ1) is 10.8. The van der Waals surface area contributed by atoms with Crippen LogP contribution in [0.4, 0.5) is 0 Å². The second-order valence-electron chi connectivity index (χ2n) is 6.16. The number of carbonyl (C=O) groups is 3. The molecule has 1 saturated heterocycles. The summed E-state index contributed by atoms with van der Waals surface area (Å²) >= 11 is 0. The maximum absolute atomic E-state index is 12.0. The first kappa shape index (κ1) is 22.6. The van der Waals surface area contributed by atoms with Gasteiger partial charge >= 0.3 is 5.97 Å². The minimum atomic E-state index is -1.01. The largest absolute Gasteiger partial charge is 0.480 e. The molecule has 4 atom stereocenters. The van der Waals surface area contributed by atoms with Crippen LogP contribution in [0.25, 0.3) is 0 Å². The predicted molar refractivity (Wildman–Crippen MR) is 92.3 cm³/mol. The number of nitrogens with two attached hydrogens (primary N) is 1. The summed E-state index contributed by atoms with van der Waals surface area (Å²) in [4.78, 5) is 34.8. The van der Waals surface area contributed by atoms with Gasteiger partial charge < -0.3 is 10.4 Å². The SMILES string of the molecule is CCC(CC)C[C@H](NC(C)=O)[C@@H]1N[C@@H](C(=O)O)C[C@H]1C(=O)NN.Cl. The second kappa shape index (κ2) is 10.5. The summed E-state index contributed by atoms with van der Waals surface area (Å²) in [5.41, 5.74) is 2.10. The molecule has 1 aliphatic heterocycles. The molecule has 0 aromatic carbocycles. The molecule has 0 aliphatic carbocycles. The molecule has 8 nitrogen and oxygen atoms in total. The minimum absolute atomic E-state index is 0. The van der Waals surface area contributed by atoms with Crippen LogP contribution in [0.3, 0.4) is 0 Å². The molecule has 0 bridgehead atoms. The number of carboxylic acid groups (broad SMARTS) is 1. The molecular formula is C15H29ClN4O4. The van der Waals surface area contributed by atoms with Crippen LogP contribution in [0.1, 0.15) is 46.5 Å². The Morgan fingerprint density at radius 1 is 1.29 bits per heavy atom. The van der Waals surface area contributed by atoms with Crippen LogP contribution in [0.15, 0.2) is 0 Å². The van der Waals surface area contributed by atoms with E-state index in [1.807, 2.05) is 0 Å². The molecule has 2 amide bonds. The van der Waals surface area contributed by atoms with E-state index in [9.17, 15) is 19.5 Å². The molecule has 0 aromatic rings. The van der Waals surface area contributed by atoms with Crippen LogP contribution in [0.5, 0.6) is 0 Å². The Bertz CT molecular complexity index is 445. The zero-order valence-electron chi connectivity index (χ0n) is 14.4. The van der Waals surface area contributed by atoms with Gasteiger partial charge in [-0.25, -0.2) is 5.84 Å². The number of halogens is 1. The van der Waals surface area contributed by atoms with Crippen molar-refractivity contribution in [2.45, 2.75) is 64.6 Å². The van der Waals surface area contributed by atoms with Gasteiger partial charge in [-0.3, -0.25) is 25.1 Å². The molecule has 1 aliphatic rings. The summed E-state index contributed by atoms with van der Waals surface area (Å²) in [6.45, 7) is 5.57. The number of rotatable bonds is 8. The highest BCUT2D eigenvalue weighted by molar-refractivity contribution is 5.85. The monoisotopic (exact) mass is 364 g/mol. The quantitative estimate of drug-likeness (QED) is 0.237. The van der Waals surface area contributed by atoms with Gasteiger partial charge in [-0.15, -0.1) is 12.4 Å². The highest BCUT2D eigenvalue weighted by Gasteiger charge is 2.45. The van der Waals surface area contributed by atoms with Crippen LogP contribution in [-0.2, 0) is 14.4 Å². The Morgan fingerprint density at radius 3 is 2.29 bits per heavy atom. The predicted octanol–water partition coefficient (Wildman–Crippen LogP) is 0.160. The second-order valence-corrected chi connectivity index (χ2v) is 6.16. The summed E-state index contributed by atoms with van der Waals surface area (Å²) in [6.07, 6.45) is 2.75. The van der Waals surface area contributed by atoms with Gasteiger partial charge in [-0.05, 0) is 18.8 Å². The molecule has 1 rings (SSSR count). The number of nitrogens with one attached hydrogen (secondary N) is 3. The fourth-order valence-corrected chi connectivity index (χ4v) is 3.30. The fraction of sp³-hybridized carbons (Fsp3) is 0.800. The summed E-state index contributed by atoms with van der Waals surface area (Å²) in [5.74, 6) is 3.41. The van der Waals surface area contributed by atoms with Gasteiger partial charge in [0.2, 0.25) is 11.8 Å². The molecule has 0 aromatic heterocycles. The lowest BCUT2D eigenvalue weighted by molar-refractivity contribution is -0.139. The van der Waals surface area contributed by atoms with E-state index in [1.165, 1.54) is 6.92 Å². The van der Waals surface area contributed by atoms with Gasteiger partial charge in [0.05, 0.1) is 5.92 Å². The van der Waals surface area contributed by atoms with Crippen LogP contribution in [0.2, 0.25) is 0 Å². The topological polar surface area (TPSA) is 134 Å². The minimum Gasteiger partial charge on any atom is -0.480 e. The molecule has 0 spiro atoms. The van der Waals surface area contributed by atoms with Crippen molar-refractivity contribution in [3.8, 4) is 0 Å². The summed E-state index contributed by atoms with van der Waals surface area (Å²) in [5, 5.41) is 15.1. The molecule has 0 unspecified atom stereocenters.